The maximum Gasteiger partial charge on any atom is 0.225 e. The molecule has 0 N–H and O–H groups in total. The molecule has 1 aliphatic rings. The van der Waals surface area contributed by atoms with Gasteiger partial charge in [0.2, 0.25) is 16.0 Å². The molecule has 1 aliphatic heterocycles. The predicted molar refractivity (Wildman–Crippen MR) is 91.4 cm³/mol. The van der Waals surface area contributed by atoms with Gasteiger partial charge in [-0.05, 0) is 5.56 Å². The summed E-state index contributed by atoms with van der Waals surface area (Å²) in [5.41, 5.74) is 1.08. The van der Waals surface area contributed by atoms with Crippen molar-refractivity contribution in [1.82, 2.24) is 14.3 Å². The van der Waals surface area contributed by atoms with Crippen LogP contribution in [-0.2, 0) is 16.6 Å². The molecule has 2 heterocycles. The van der Waals surface area contributed by atoms with Gasteiger partial charge in [-0.2, -0.15) is 4.31 Å². The third kappa shape index (κ3) is 4.21. The van der Waals surface area contributed by atoms with E-state index in [9.17, 15) is 8.42 Å². The van der Waals surface area contributed by atoms with E-state index in [1.807, 2.05) is 35.2 Å². The van der Waals surface area contributed by atoms with Crippen LogP contribution >= 0.6 is 0 Å². The third-order valence-electron chi connectivity index (χ3n) is 3.85. The molecule has 1 aromatic carbocycles. The first kappa shape index (κ1) is 16.7. The van der Waals surface area contributed by atoms with Crippen LogP contribution in [0.25, 0.3) is 0 Å². The van der Waals surface area contributed by atoms with Crippen LogP contribution in [0.15, 0.2) is 42.7 Å². The van der Waals surface area contributed by atoms with E-state index in [0.717, 1.165) is 5.56 Å². The van der Waals surface area contributed by atoms with Gasteiger partial charge in [0.05, 0.1) is 18.6 Å². The Morgan fingerprint density at radius 2 is 1.67 bits per heavy atom. The van der Waals surface area contributed by atoms with Crippen molar-refractivity contribution in [3.8, 4) is 5.75 Å². The highest BCUT2D eigenvalue weighted by Gasteiger charge is 2.24. The summed E-state index contributed by atoms with van der Waals surface area (Å²) >= 11 is 0. The molecular weight excluding hydrogens is 328 g/mol. The van der Waals surface area contributed by atoms with Gasteiger partial charge in [-0.25, -0.2) is 18.4 Å². The van der Waals surface area contributed by atoms with Gasteiger partial charge in [0.25, 0.3) is 0 Å². The number of benzene rings is 1. The molecule has 0 atom stereocenters. The Balaban J connectivity index is 1.55. The summed E-state index contributed by atoms with van der Waals surface area (Å²) < 4.78 is 30.2. The quantitative estimate of drug-likeness (QED) is 0.806. The molecule has 0 spiro atoms. The molecule has 0 radical (unpaired) electrons. The van der Waals surface area contributed by atoms with Crippen LogP contribution in [0, 0.1) is 0 Å². The molecule has 0 unspecified atom stereocenters. The van der Waals surface area contributed by atoms with E-state index in [0.29, 0.717) is 44.5 Å². The molecule has 8 heteroatoms. The van der Waals surface area contributed by atoms with Crippen molar-refractivity contribution < 1.29 is 13.2 Å². The number of sulfonamides is 1. The zero-order valence-electron chi connectivity index (χ0n) is 13.5. The van der Waals surface area contributed by atoms with Crippen LogP contribution in [0.2, 0.25) is 0 Å². The summed E-state index contributed by atoms with van der Waals surface area (Å²) in [7, 11) is -3.13. The van der Waals surface area contributed by atoms with E-state index in [-0.39, 0.29) is 0 Å². The maximum atomic E-state index is 11.5. The highest BCUT2D eigenvalue weighted by Crippen LogP contribution is 2.16. The number of piperazine rings is 1. The molecule has 0 amide bonds. The second kappa shape index (κ2) is 7.14. The molecule has 128 valence electrons. The van der Waals surface area contributed by atoms with Gasteiger partial charge in [-0.3, -0.25) is 0 Å². The van der Waals surface area contributed by atoms with Crippen LogP contribution in [0.5, 0.6) is 5.75 Å². The topological polar surface area (TPSA) is 75.6 Å². The Bertz CT molecular complexity index is 758. The number of aromatic nitrogens is 2. The zero-order valence-corrected chi connectivity index (χ0v) is 14.3. The summed E-state index contributed by atoms with van der Waals surface area (Å²) in [4.78, 5) is 10.6. The zero-order chi connectivity index (χ0) is 17.0. The maximum absolute atomic E-state index is 11.5. The third-order valence-corrected chi connectivity index (χ3v) is 5.16. The van der Waals surface area contributed by atoms with Crippen LogP contribution in [0.4, 0.5) is 5.95 Å². The predicted octanol–water partition coefficient (Wildman–Crippen LogP) is 1.14. The lowest BCUT2D eigenvalue weighted by atomic mass is 10.2. The van der Waals surface area contributed by atoms with Crippen LogP contribution in [0.3, 0.4) is 0 Å². The highest BCUT2D eigenvalue weighted by molar-refractivity contribution is 7.88. The first-order valence-electron chi connectivity index (χ1n) is 7.71. The summed E-state index contributed by atoms with van der Waals surface area (Å²) in [6.07, 6.45) is 4.53. The highest BCUT2D eigenvalue weighted by atomic mass is 32.2. The average Bonchev–Trinajstić information content (AvgIpc) is 2.61. The lowest BCUT2D eigenvalue weighted by molar-refractivity contribution is 0.303. The molecule has 1 saturated heterocycles. The molecular formula is C16H20N4O3S. The number of hydrogen-bond donors (Lipinski definition) is 0. The summed E-state index contributed by atoms with van der Waals surface area (Å²) in [5.74, 6) is 1.20. The second-order valence-corrected chi connectivity index (χ2v) is 7.62. The van der Waals surface area contributed by atoms with Crippen molar-refractivity contribution in [3.05, 3.63) is 48.3 Å². The molecule has 3 rings (SSSR count). The molecule has 1 aromatic heterocycles. The SMILES string of the molecule is CS(=O)(=O)N1CCN(c2ncc(OCc3ccccc3)cn2)CC1. The lowest BCUT2D eigenvalue weighted by Crippen LogP contribution is -2.48. The van der Waals surface area contributed by atoms with Gasteiger partial charge < -0.3 is 9.64 Å². The smallest absolute Gasteiger partial charge is 0.225 e. The van der Waals surface area contributed by atoms with Gasteiger partial charge in [-0.15, -0.1) is 0 Å². The van der Waals surface area contributed by atoms with Crippen LogP contribution in [0.1, 0.15) is 5.56 Å². The fourth-order valence-corrected chi connectivity index (χ4v) is 3.33. The minimum Gasteiger partial charge on any atom is -0.486 e. The summed E-state index contributed by atoms with van der Waals surface area (Å²) in [5, 5.41) is 0. The monoisotopic (exact) mass is 348 g/mol. The Morgan fingerprint density at radius 3 is 2.25 bits per heavy atom. The van der Waals surface area contributed by atoms with E-state index >= 15 is 0 Å². The van der Waals surface area contributed by atoms with Crippen LogP contribution < -0.4 is 9.64 Å². The van der Waals surface area contributed by atoms with Crippen molar-refractivity contribution in [2.45, 2.75) is 6.61 Å². The lowest BCUT2D eigenvalue weighted by Gasteiger charge is -2.33. The molecule has 0 aliphatic carbocycles. The van der Waals surface area contributed by atoms with Crippen molar-refractivity contribution >= 4 is 16.0 Å². The van der Waals surface area contributed by atoms with Crippen molar-refractivity contribution in [1.29, 1.82) is 0 Å². The normalized spacial score (nSPS) is 16.1. The van der Waals surface area contributed by atoms with Gasteiger partial charge in [0.1, 0.15) is 6.61 Å². The molecule has 24 heavy (non-hydrogen) atoms. The minimum atomic E-state index is -3.13. The number of nitrogens with zero attached hydrogens (tertiary/aromatic N) is 4. The first-order chi connectivity index (χ1) is 11.5. The minimum absolute atomic E-state index is 0.453. The number of hydrogen-bond acceptors (Lipinski definition) is 6. The van der Waals surface area contributed by atoms with E-state index < -0.39 is 10.0 Å². The van der Waals surface area contributed by atoms with E-state index in [1.54, 1.807) is 12.4 Å². The van der Waals surface area contributed by atoms with Crippen molar-refractivity contribution in [2.24, 2.45) is 0 Å². The number of anilines is 1. The average molecular weight is 348 g/mol. The van der Waals surface area contributed by atoms with Crippen molar-refractivity contribution in [3.63, 3.8) is 0 Å². The standard InChI is InChI=1S/C16H20N4O3S/c1-24(21,22)20-9-7-19(8-10-20)16-17-11-15(12-18-16)23-13-14-5-3-2-4-6-14/h2-6,11-12H,7-10,13H2,1H3. The van der Waals surface area contributed by atoms with Gasteiger partial charge in [-0.1, -0.05) is 30.3 Å². The van der Waals surface area contributed by atoms with E-state index in [2.05, 4.69) is 9.97 Å². The fraction of sp³-hybridized carbons (Fsp3) is 0.375. The van der Waals surface area contributed by atoms with Gasteiger partial charge >= 0.3 is 0 Å². The van der Waals surface area contributed by atoms with E-state index in [1.165, 1.54) is 10.6 Å². The molecule has 2 aromatic rings. The Hall–Kier alpha value is -2.19. The van der Waals surface area contributed by atoms with Crippen LogP contribution in [-0.4, -0.2) is 55.1 Å². The Morgan fingerprint density at radius 1 is 1.04 bits per heavy atom. The molecule has 7 nitrogen and oxygen atoms in total. The van der Waals surface area contributed by atoms with Gasteiger partial charge in [0.15, 0.2) is 5.75 Å². The molecule has 0 saturated carbocycles. The van der Waals surface area contributed by atoms with Crippen molar-refractivity contribution in [2.75, 3.05) is 37.3 Å². The number of ether oxygens (including phenoxy) is 1. The van der Waals surface area contributed by atoms with Gasteiger partial charge in [0, 0.05) is 26.2 Å². The van der Waals surface area contributed by atoms with E-state index in [4.69, 9.17) is 4.74 Å². The summed E-state index contributed by atoms with van der Waals surface area (Å²) in [6, 6.07) is 9.89. The summed E-state index contributed by atoms with van der Waals surface area (Å²) in [6.45, 7) is 2.54. The number of rotatable bonds is 5. The Labute approximate surface area is 142 Å². The Kier molecular flexibility index (Phi) is 4.96. The first-order valence-corrected chi connectivity index (χ1v) is 9.56. The molecule has 0 bridgehead atoms. The largest absolute Gasteiger partial charge is 0.486 e. The fourth-order valence-electron chi connectivity index (χ4n) is 2.51. The molecule has 1 fully saturated rings. The second-order valence-electron chi connectivity index (χ2n) is 5.64.